The lowest BCUT2D eigenvalue weighted by molar-refractivity contribution is 0.0642. The van der Waals surface area contributed by atoms with Gasteiger partial charge in [0.2, 0.25) is 10.0 Å². The average Bonchev–Trinajstić information content (AvgIpc) is 2.64. The Morgan fingerprint density at radius 1 is 1.25 bits per heavy atom. The van der Waals surface area contributed by atoms with Gasteiger partial charge in [0.15, 0.2) is 11.5 Å². The number of sulfonamides is 1. The molecule has 2 N–H and O–H groups in total. The summed E-state index contributed by atoms with van der Waals surface area (Å²) in [7, 11) is -0.674. The van der Waals surface area contributed by atoms with Crippen molar-refractivity contribution in [3.05, 3.63) is 17.7 Å². The van der Waals surface area contributed by atoms with Gasteiger partial charge in [0, 0.05) is 18.2 Å². The number of hydrogen-bond acceptors (Lipinski definition) is 6. The highest BCUT2D eigenvalue weighted by molar-refractivity contribution is 7.92. The van der Waals surface area contributed by atoms with Crippen LogP contribution in [-0.2, 0) is 10.0 Å². The molecule has 0 radical (unpaired) electrons. The van der Waals surface area contributed by atoms with Crippen LogP contribution in [0.2, 0.25) is 0 Å². The van der Waals surface area contributed by atoms with Gasteiger partial charge >= 0.3 is 0 Å². The molecule has 0 saturated carbocycles. The second kappa shape index (κ2) is 10.7. The van der Waals surface area contributed by atoms with Crippen molar-refractivity contribution in [2.45, 2.75) is 32.2 Å². The summed E-state index contributed by atoms with van der Waals surface area (Å²) in [6, 6.07) is 3.27. The average molecular weight is 436 g/mol. The molecule has 0 atom stereocenters. The Kier molecular flexibility index (Phi) is 9.32. The van der Waals surface area contributed by atoms with Gasteiger partial charge in [0.05, 0.1) is 26.2 Å². The highest BCUT2D eigenvalue weighted by Crippen LogP contribution is 2.37. The fourth-order valence-electron chi connectivity index (χ4n) is 3.34. The second-order valence-electron chi connectivity index (χ2n) is 6.61. The van der Waals surface area contributed by atoms with Crippen LogP contribution in [0.15, 0.2) is 12.1 Å². The van der Waals surface area contributed by atoms with Crippen LogP contribution in [0.3, 0.4) is 0 Å². The molecule has 1 heterocycles. The van der Waals surface area contributed by atoms with E-state index < -0.39 is 10.0 Å². The lowest BCUT2D eigenvalue weighted by Crippen LogP contribution is -2.46. The van der Waals surface area contributed by atoms with Crippen molar-refractivity contribution in [1.29, 1.82) is 0 Å². The quantitative estimate of drug-likeness (QED) is 0.649. The van der Waals surface area contributed by atoms with Crippen molar-refractivity contribution >= 4 is 34.0 Å². The molecule has 1 saturated heterocycles. The van der Waals surface area contributed by atoms with Crippen LogP contribution in [0, 0.1) is 0 Å². The molecule has 10 heteroatoms. The van der Waals surface area contributed by atoms with Crippen LogP contribution < -0.4 is 19.5 Å². The maximum absolute atomic E-state index is 13.3. The van der Waals surface area contributed by atoms with Gasteiger partial charge < -0.3 is 19.7 Å². The zero-order chi connectivity index (χ0) is 20.0. The van der Waals surface area contributed by atoms with Crippen molar-refractivity contribution in [1.82, 2.24) is 10.2 Å². The van der Waals surface area contributed by atoms with Crippen molar-refractivity contribution in [2.75, 3.05) is 44.8 Å². The van der Waals surface area contributed by atoms with Crippen LogP contribution >= 0.6 is 12.4 Å². The second-order valence-corrected chi connectivity index (χ2v) is 8.36. The van der Waals surface area contributed by atoms with E-state index in [4.69, 9.17) is 9.47 Å². The first-order valence-electron chi connectivity index (χ1n) is 9.06. The predicted octanol–water partition coefficient (Wildman–Crippen LogP) is 2.10. The van der Waals surface area contributed by atoms with E-state index in [0.29, 0.717) is 17.9 Å². The molecule has 0 bridgehead atoms. The normalized spacial score (nSPS) is 14.7. The van der Waals surface area contributed by atoms with Gasteiger partial charge in [-0.3, -0.25) is 9.52 Å². The van der Waals surface area contributed by atoms with E-state index in [-0.39, 0.29) is 35.8 Å². The molecule has 1 aromatic carbocycles. The minimum Gasteiger partial charge on any atom is -0.493 e. The number of amides is 1. The summed E-state index contributed by atoms with van der Waals surface area (Å²) in [6.07, 6.45) is 3.68. The van der Waals surface area contributed by atoms with Gasteiger partial charge in [-0.1, -0.05) is 6.92 Å². The number of carbonyl (C=O) groups excluding carboxylic acids is 1. The Balaban J connectivity index is 0.00000392. The Bertz CT molecular complexity index is 767. The SMILES string of the molecule is CCCN(C(=O)c1cc(NS(C)(=O)=O)c(OC)c(OC)c1)C1CCNCC1.Cl. The van der Waals surface area contributed by atoms with Gasteiger partial charge in [-0.2, -0.15) is 0 Å². The first-order valence-corrected chi connectivity index (χ1v) is 10.9. The molecular weight excluding hydrogens is 406 g/mol. The molecule has 1 aliphatic rings. The van der Waals surface area contributed by atoms with Gasteiger partial charge in [0.25, 0.3) is 5.91 Å². The molecule has 1 amide bonds. The maximum Gasteiger partial charge on any atom is 0.254 e. The van der Waals surface area contributed by atoms with Gasteiger partial charge in [-0.15, -0.1) is 12.4 Å². The van der Waals surface area contributed by atoms with E-state index in [1.54, 1.807) is 6.07 Å². The largest absolute Gasteiger partial charge is 0.493 e. The highest BCUT2D eigenvalue weighted by atomic mass is 35.5. The smallest absolute Gasteiger partial charge is 0.254 e. The van der Waals surface area contributed by atoms with Crippen LogP contribution in [0.1, 0.15) is 36.5 Å². The van der Waals surface area contributed by atoms with E-state index in [1.807, 2.05) is 11.8 Å². The zero-order valence-corrected chi connectivity index (χ0v) is 18.4. The van der Waals surface area contributed by atoms with Crippen molar-refractivity contribution in [3.63, 3.8) is 0 Å². The van der Waals surface area contributed by atoms with Crippen LogP contribution in [0.5, 0.6) is 11.5 Å². The standard InChI is InChI=1S/C18H29N3O5S.ClH/c1-5-10-21(14-6-8-19-9-7-14)18(22)13-11-15(20-27(4,23)24)17(26-3)16(12-13)25-2;/h11-12,14,19-20H,5-10H2,1-4H3;1H. The maximum atomic E-state index is 13.3. The summed E-state index contributed by atoms with van der Waals surface area (Å²) in [4.78, 5) is 15.1. The fraction of sp³-hybridized carbons (Fsp3) is 0.611. The molecule has 0 unspecified atom stereocenters. The van der Waals surface area contributed by atoms with E-state index >= 15 is 0 Å². The van der Waals surface area contributed by atoms with E-state index in [0.717, 1.165) is 38.6 Å². The summed E-state index contributed by atoms with van der Waals surface area (Å²) in [5, 5.41) is 3.31. The number of methoxy groups -OCH3 is 2. The predicted molar refractivity (Wildman–Crippen MR) is 112 cm³/mol. The zero-order valence-electron chi connectivity index (χ0n) is 16.8. The lowest BCUT2D eigenvalue weighted by atomic mass is 10.0. The van der Waals surface area contributed by atoms with Gasteiger partial charge in [0.1, 0.15) is 0 Å². The Hall–Kier alpha value is -1.71. The molecule has 1 fully saturated rings. The molecule has 1 aliphatic heterocycles. The summed E-state index contributed by atoms with van der Waals surface area (Å²) in [5.74, 6) is 0.404. The molecule has 0 aliphatic carbocycles. The number of nitrogens with zero attached hydrogens (tertiary/aromatic N) is 1. The van der Waals surface area contributed by atoms with Crippen molar-refractivity contribution < 1.29 is 22.7 Å². The topological polar surface area (TPSA) is 97.0 Å². The van der Waals surface area contributed by atoms with Crippen LogP contribution in [0.4, 0.5) is 5.69 Å². The summed E-state index contributed by atoms with van der Waals surface area (Å²) in [6.45, 7) is 4.44. The number of piperidine rings is 1. The Morgan fingerprint density at radius 2 is 1.89 bits per heavy atom. The molecule has 2 rings (SSSR count). The molecule has 28 heavy (non-hydrogen) atoms. The minimum absolute atomic E-state index is 0. The highest BCUT2D eigenvalue weighted by Gasteiger charge is 2.27. The third-order valence-corrected chi connectivity index (χ3v) is 5.09. The first kappa shape index (κ1) is 24.3. The Morgan fingerprint density at radius 3 is 2.39 bits per heavy atom. The number of rotatable bonds is 8. The van der Waals surface area contributed by atoms with Crippen molar-refractivity contribution in [3.8, 4) is 11.5 Å². The van der Waals surface area contributed by atoms with E-state index in [9.17, 15) is 13.2 Å². The molecule has 160 valence electrons. The molecular formula is C18H30ClN3O5S. The Labute approximate surface area is 173 Å². The molecule has 0 spiro atoms. The fourth-order valence-corrected chi connectivity index (χ4v) is 3.89. The monoisotopic (exact) mass is 435 g/mol. The van der Waals surface area contributed by atoms with Gasteiger partial charge in [-0.25, -0.2) is 8.42 Å². The van der Waals surface area contributed by atoms with Crippen LogP contribution in [-0.4, -0.2) is 65.4 Å². The third-order valence-electron chi connectivity index (χ3n) is 4.50. The molecule has 1 aromatic rings. The van der Waals surface area contributed by atoms with Crippen LogP contribution in [0.25, 0.3) is 0 Å². The van der Waals surface area contributed by atoms with Gasteiger partial charge in [-0.05, 0) is 44.5 Å². The number of benzene rings is 1. The van der Waals surface area contributed by atoms with E-state index in [1.165, 1.54) is 20.3 Å². The molecule has 0 aromatic heterocycles. The summed E-state index contributed by atoms with van der Waals surface area (Å²) >= 11 is 0. The number of nitrogens with one attached hydrogen (secondary N) is 2. The summed E-state index contributed by atoms with van der Waals surface area (Å²) in [5.41, 5.74) is 0.551. The number of anilines is 1. The van der Waals surface area contributed by atoms with E-state index in [2.05, 4.69) is 10.0 Å². The van der Waals surface area contributed by atoms with Crippen molar-refractivity contribution in [2.24, 2.45) is 0 Å². The number of halogens is 1. The minimum atomic E-state index is -3.55. The number of carbonyl (C=O) groups is 1. The number of hydrogen-bond donors (Lipinski definition) is 2. The molecule has 8 nitrogen and oxygen atoms in total. The summed E-state index contributed by atoms with van der Waals surface area (Å²) < 4.78 is 36.5. The number of ether oxygens (including phenoxy) is 2. The lowest BCUT2D eigenvalue weighted by Gasteiger charge is -2.35. The third kappa shape index (κ3) is 6.15. The first-order chi connectivity index (χ1) is 12.8.